The van der Waals surface area contributed by atoms with Gasteiger partial charge in [-0.25, -0.2) is 4.79 Å². The first kappa shape index (κ1) is 23.1. The van der Waals surface area contributed by atoms with Gasteiger partial charge in [-0.3, -0.25) is 4.79 Å². The third kappa shape index (κ3) is 4.98. The monoisotopic (exact) mass is 547 g/mol. The number of nitrogens with one attached hydrogen (secondary N) is 1. The molecule has 4 rings (SSSR count). The standard InChI is InChI=1S/C23H16BrCl2N3O4/c1-32-20-10-14(8-16(24)21(20)33-12-13-6-7-17(25)18(26)9-13)11-27-29-22(30)15-4-2-3-5-19(15)28-23(29)31/h2-11H,12H2,1H3,(H,28,31). The number of methoxy groups -OCH3 is 1. The first-order valence-corrected chi connectivity index (χ1v) is 11.1. The van der Waals surface area contributed by atoms with Crippen LogP contribution in [0.2, 0.25) is 10.0 Å². The van der Waals surface area contributed by atoms with Gasteiger partial charge in [0.1, 0.15) is 6.61 Å². The van der Waals surface area contributed by atoms with Gasteiger partial charge in [-0.2, -0.15) is 5.10 Å². The molecule has 0 aliphatic heterocycles. The molecule has 3 aromatic carbocycles. The molecule has 0 atom stereocenters. The quantitative estimate of drug-likeness (QED) is 0.334. The molecule has 33 heavy (non-hydrogen) atoms. The van der Waals surface area contributed by atoms with Crippen molar-refractivity contribution in [2.75, 3.05) is 7.11 Å². The Morgan fingerprint density at radius 1 is 1.09 bits per heavy atom. The van der Waals surface area contributed by atoms with Gasteiger partial charge in [0, 0.05) is 0 Å². The zero-order valence-corrected chi connectivity index (χ0v) is 20.2. The lowest BCUT2D eigenvalue weighted by atomic mass is 10.2. The summed E-state index contributed by atoms with van der Waals surface area (Å²) in [5, 5.41) is 5.34. The Labute approximate surface area is 206 Å². The predicted molar refractivity (Wildman–Crippen MR) is 133 cm³/mol. The van der Waals surface area contributed by atoms with E-state index in [9.17, 15) is 9.59 Å². The van der Waals surface area contributed by atoms with Crippen LogP contribution in [0.25, 0.3) is 10.9 Å². The number of ether oxygens (including phenoxy) is 2. The number of aromatic amines is 1. The van der Waals surface area contributed by atoms with Crippen molar-refractivity contribution in [2.45, 2.75) is 6.61 Å². The number of fused-ring (bicyclic) bond motifs is 1. The average molecular weight is 549 g/mol. The molecule has 0 spiro atoms. The van der Waals surface area contributed by atoms with Gasteiger partial charge in [0.05, 0.1) is 38.7 Å². The van der Waals surface area contributed by atoms with Crippen LogP contribution in [-0.2, 0) is 6.61 Å². The number of aromatic nitrogens is 2. The SMILES string of the molecule is COc1cc(C=Nn2c(=O)[nH]c3ccccc3c2=O)cc(Br)c1OCc1ccc(Cl)c(Cl)c1. The number of rotatable bonds is 6. The van der Waals surface area contributed by atoms with Gasteiger partial charge in [-0.05, 0) is 63.5 Å². The molecule has 0 saturated carbocycles. The number of H-pyrrole nitrogens is 1. The molecule has 4 aromatic rings. The minimum atomic E-state index is -0.637. The molecule has 7 nitrogen and oxygen atoms in total. The Morgan fingerprint density at radius 2 is 1.88 bits per heavy atom. The fraction of sp³-hybridized carbons (Fsp3) is 0.0870. The molecule has 0 radical (unpaired) electrons. The minimum absolute atomic E-state index is 0.237. The van der Waals surface area contributed by atoms with E-state index < -0.39 is 11.2 Å². The van der Waals surface area contributed by atoms with Crippen LogP contribution in [0.4, 0.5) is 0 Å². The number of nitrogens with zero attached hydrogens (tertiary/aromatic N) is 2. The van der Waals surface area contributed by atoms with Gasteiger partial charge in [0.15, 0.2) is 11.5 Å². The molecule has 0 aliphatic rings. The van der Waals surface area contributed by atoms with E-state index in [1.807, 2.05) is 6.07 Å². The summed E-state index contributed by atoms with van der Waals surface area (Å²) in [5.41, 5.74) is 0.714. The van der Waals surface area contributed by atoms with E-state index in [0.717, 1.165) is 10.2 Å². The lowest BCUT2D eigenvalue weighted by Gasteiger charge is -2.14. The fourth-order valence-electron chi connectivity index (χ4n) is 3.12. The third-order valence-corrected chi connectivity index (χ3v) is 6.05. The second-order valence-corrected chi connectivity index (χ2v) is 8.58. The van der Waals surface area contributed by atoms with Crippen LogP contribution in [0.5, 0.6) is 11.5 Å². The molecular weight excluding hydrogens is 533 g/mol. The summed E-state index contributed by atoms with van der Waals surface area (Å²) in [7, 11) is 1.51. The van der Waals surface area contributed by atoms with Crippen LogP contribution >= 0.6 is 39.1 Å². The molecule has 0 amide bonds. The lowest BCUT2D eigenvalue weighted by Crippen LogP contribution is -2.32. The maximum absolute atomic E-state index is 12.6. The first-order chi connectivity index (χ1) is 15.9. The highest BCUT2D eigenvalue weighted by molar-refractivity contribution is 9.10. The molecule has 0 unspecified atom stereocenters. The maximum atomic E-state index is 12.6. The number of hydrogen-bond donors (Lipinski definition) is 1. The Kier molecular flexibility index (Phi) is 6.88. The average Bonchev–Trinajstić information content (AvgIpc) is 2.80. The van der Waals surface area contributed by atoms with Gasteiger partial charge in [0.25, 0.3) is 5.56 Å². The van der Waals surface area contributed by atoms with E-state index in [1.54, 1.807) is 48.5 Å². The van der Waals surface area contributed by atoms with Gasteiger partial charge >= 0.3 is 5.69 Å². The van der Waals surface area contributed by atoms with Gasteiger partial charge in [-0.1, -0.05) is 41.4 Å². The first-order valence-electron chi connectivity index (χ1n) is 9.60. The van der Waals surface area contributed by atoms with E-state index in [1.165, 1.54) is 13.3 Å². The predicted octanol–water partition coefficient (Wildman–Crippen LogP) is 5.23. The van der Waals surface area contributed by atoms with E-state index in [2.05, 4.69) is 26.0 Å². The summed E-state index contributed by atoms with van der Waals surface area (Å²) in [6.07, 6.45) is 1.39. The van der Waals surface area contributed by atoms with E-state index in [0.29, 0.717) is 42.5 Å². The maximum Gasteiger partial charge on any atom is 0.349 e. The van der Waals surface area contributed by atoms with Crippen molar-refractivity contribution in [3.63, 3.8) is 0 Å². The van der Waals surface area contributed by atoms with E-state index >= 15 is 0 Å². The second kappa shape index (κ2) is 9.82. The highest BCUT2D eigenvalue weighted by atomic mass is 79.9. The molecule has 0 aliphatic carbocycles. The van der Waals surface area contributed by atoms with Crippen LogP contribution < -0.4 is 20.7 Å². The van der Waals surface area contributed by atoms with Crippen LogP contribution in [0.3, 0.4) is 0 Å². The number of para-hydroxylation sites is 1. The van der Waals surface area contributed by atoms with Crippen molar-refractivity contribution in [1.82, 2.24) is 9.66 Å². The molecule has 168 valence electrons. The Bertz CT molecular complexity index is 1500. The zero-order chi connectivity index (χ0) is 23.5. The van der Waals surface area contributed by atoms with Crippen molar-refractivity contribution in [3.8, 4) is 11.5 Å². The van der Waals surface area contributed by atoms with Crippen molar-refractivity contribution in [2.24, 2.45) is 5.10 Å². The van der Waals surface area contributed by atoms with Gasteiger partial charge in [-0.15, -0.1) is 4.68 Å². The van der Waals surface area contributed by atoms with Gasteiger partial charge < -0.3 is 14.5 Å². The minimum Gasteiger partial charge on any atom is -0.493 e. The Balaban J connectivity index is 1.62. The summed E-state index contributed by atoms with van der Waals surface area (Å²) in [6, 6.07) is 15.4. The van der Waals surface area contributed by atoms with Crippen molar-refractivity contribution in [1.29, 1.82) is 0 Å². The van der Waals surface area contributed by atoms with Crippen LogP contribution in [-0.4, -0.2) is 23.0 Å². The summed E-state index contributed by atoms with van der Waals surface area (Å²) in [5.74, 6) is 0.909. The summed E-state index contributed by atoms with van der Waals surface area (Å²) in [4.78, 5) is 27.6. The van der Waals surface area contributed by atoms with E-state index in [-0.39, 0.29) is 6.61 Å². The highest BCUT2D eigenvalue weighted by Gasteiger charge is 2.13. The third-order valence-electron chi connectivity index (χ3n) is 4.73. The van der Waals surface area contributed by atoms with Crippen LogP contribution in [0.15, 0.2) is 73.8 Å². The number of hydrogen-bond acceptors (Lipinski definition) is 5. The van der Waals surface area contributed by atoms with Gasteiger partial charge in [0.2, 0.25) is 0 Å². The summed E-state index contributed by atoms with van der Waals surface area (Å²) in [6.45, 7) is 0.237. The summed E-state index contributed by atoms with van der Waals surface area (Å²) >= 11 is 15.5. The highest BCUT2D eigenvalue weighted by Crippen LogP contribution is 2.37. The molecule has 0 saturated heterocycles. The molecule has 0 bridgehead atoms. The second-order valence-electron chi connectivity index (χ2n) is 6.91. The fourth-order valence-corrected chi connectivity index (χ4v) is 4.02. The van der Waals surface area contributed by atoms with Crippen LogP contribution in [0, 0.1) is 0 Å². The van der Waals surface area contributed by atoms with E-state index in [4.69, 9.17) is 32.7 Å². The smallest absolute Gasteiger partial charge is 0.349 e. The molecular formula is C23H16BrCl2N3O4. The molecule has 1 aromatic heterocycles. The Morgan fingerprint density at radius 3 is 2.64 bits per heavy atom. The van der Waals surface area contributed by atoms with Crippen molar-refractivity contribution >= 4 is 56.2 Å². The molecule has 1 N–H and O–H groups in total. The normalized spacial score (nSPS) is 11.3. The molecule has 0 fully saturated rings. The molecule has 1 heterocycles. The van der Waals surface area contributed by atoms with Crippen molar-refractivity contribution < 1.29 is 9.47 Å². The topological polar surface area (TPSA) is 85.7 Å². The van der Waals surface area contributed by atoms with Crippen molar-refractivity contribution in [3.05, 3.63) is 101 Å². The lowest BCUT2D eigenvalue weighted by molar-refractivity contribution is 0.282. The Hall–Kier alpha value is -3.07. The largest absolute Gasteiger partial charge is 0.493 e. The van der Waals surface area contributed by atoms with Crippen LogP contribution in [0.1, 0.15) is 11.1 Å². The molecule has 10 heteroatoms. The number of halogens is 3. The summed E-state index contributed by atoms with van der Waals surface area (Å²) < 4.78 is 12.7. The zero-order valence-electron chi connectivity index (χ0n) is 17.1. The number of benzene rings is 3.